The van der Waals surface area contributed by atoms with Crippen LogP contribution in [0.3, 0.4) is 0 Å². The van der Waals surface area contributed by atoms with Gasteiger partial charge >= 0.3 is 6.01 Å². The number of methoxy groups -OCH3 is 3. The van der Waals surface area contributed by atoms with Gasteiger partial charge < -0.3 is 24.1 Å². The maximum absolute atomic E-state index is 5.40. The molecule has 27 heavy (non-hydrogen) atoms. The first-order valence-corrected chi connectivity index (χ1v) is 8.53. The molecule has 1 heterocycles. The van der Waals surface area contributed by atoms with Crippen molar-refractivity contribution in [1.29, 1.82) is 0 Å². The van der Waals surface area contributed by atoms with E-state index in [9.17, 15) is 0 Å². The lowest BCUT2D eigenvalue weighted by molar-refractivity contribution is 0.354. The number of aromatic nitrogens is 2. The Labute approximate surface area is 158 Å². The Morgan fingerprint density at radius 2 is 1.74 bits per heavy atom. The van der Waals surface area contributed by atoms with Gasteiger partial charge in [-0.1, -0.05) is 17.3 Å². The fourth-order valence-corrected chi connectivity index (χ4v) is 2.89. The minimum atomic E-state index is -0.0663. The summed E-state index contributed by atoms with van der Waals surface area (Å²) in [5, 5.41) is 7.28. The van der Waals surface area contributed by atoms with E-state index < -0.39 is 0 Å². The van der Waals surface area contributed by atoms with Crippen molar-refractivity contribution < 1.29 is 18.7 Å². The number of nitrogens with one attached hydrogen (secondary N) is 1. The molecule has 1 unspecified atom stereocenters. The number of hydrogen-bond donors (Lipinski definition) is 1. The quantitative estimate of drug-likeness (QED) is 0.667. The summed E-state index contributed by atoms with van der Waals surface area (Å²) in [7, 11) is 4.86. The molecule has 3 rings (SSSR count). The van der Waals surface area contributed by atoms with Crippen LogP contribution in [-0.2, 0) is 0 Å². The molecular weight excluding hydrogens is 346 g/mol. The average Bonchev–Trinajstić information content (AvgIpc) is 3.16. The highest BCUT2D eigenvalue weighted by molar-refractivity contribution is 5.58. The number of anilines is 1. The van der Waals surface area contributed by atoms with Crippen LogP contribution in [0.5, 0.6) is 17.2 Å². The summed E-state index contributed by atoms with van der Waals surface area (Å²) >= 11 is 0. The highest BCUT2D eigenvalue weighted by Crippen LogP contribution is 2.34. The fraction of sp³-hybridized carbons (Fsp3) is 0.300. The van der Waals surface area contributed by atoms with Crippen LogP contribution in [-0.4, -0.2) is 31.5 Å². The Morgan fingerprint density at radius 3 is 2.44 bits per heavy atom. The van der Waals surface area contributed by atoms with E-state index in [0.29, 0.717) is 23.3 Å². The summed E-state index contributed by atoms with van der Waals surface area (Å²) < 4.78 is 21.3. The first-order valence-electron chi connectivity index (χ1n) is 8.53. The fourth-order valence-electron chi connectivity index (χ4n) is 2.89. The van der Waals surface area contributed by atoms with Gasteiger partial charge in [0, 0.05) is 5.56 Å². The zero-order valence-electron chi connectivity index (χ0n) is 16.1. The zero-order chi connectivity index (χ0) is 19.4. The maximum atomic E-state index is 5.40. The first-order chi connectivity index (χ1) is 13.0. The highest BCUT2D eigenvalue weighted by Gasteiger charge is 2.17. The number of ether oxygens (including phenoxy) is 3. The second-order valence-corrected chi connectivity index (χ2v) is 6.08. The van der Waals surface area contributed by atoms with Crippen molar-refractivity contribution in [3.63, 3.8) is 0 Å². The molecule has 7 nitrogen and oxygen atoms in total. The monoisotopic (exact) mass is 369 g/mol. The Morgan fingerprint density at radius 1 is 1.00 bits per heavy atom. The van der Waals surface area contributed by atoms with Crippen molar-refractivity contribution in [2.45, 2.75) is 19.9 Å². The Bertz CT molecular complexity index is 923. The van der Waals surface area contributed by atoms with Crippen LogP contribution in [0.2, 0.25) is 0 Å². The molecule has 0 saturated heterocycles. The van der Waals surface area contributed by atoms with E-state index in [1.54, 1.807) is 21.3 Å². The van der Waals surface area contributed by atoms with Crippen LogP contribution >= 0.6 is 0 Å². The summed E-state index contributed by atoms with van der Waals surface area (Å²) in [5.41, 5.74) is 2.94. The minimum Gasteiger partial charge on any atom is -0.497 e. The van der Waals surface area contributed by atoms with Gasteiger partial charge in [0.05, 0.1) is 27.4 Å². The molecule has 0 aliphatic carbocycles. The molecule has 7 heteroatoms. The molecule has 2 aromatic carbocycles. The van der Waals surface area contributed by atoms with Gasteiger partial charge in [0.2, 0.25) is 5.82 Å². The van der Waals surface area contributed by atoms with Gasteiger partial charge in [0.1, 0.15) is 5.75 Å². The molecule has 0 aliphatic heterocycles. The van der Waals surface area contributed by atoms with Crippen LogP contribution in [0.1, 0.15) is 24.1 Å². The Balaban J connectivity index is 1.81. The molecule has 0 aliphatic rings. The lowest BCUT2D eigenvalue weighted by Gasteiger charge is -2.18. The standard InChI is InChI=1S/C20H23N3O4/c1-12-9-17(25-4)18(26-5)11-16(12)13(2)21-20-22-19(23-27-20)14-7-6-8-15(10-14)24-3/h6-11,13H,1-5H3,(H,21,22,23). The number of aryl methyl sites for hydroxylation is 1. The third-order valence-corrected chi connectivity index (χ3v) is 4.33. The van der Waals surface area contributed by atoms with E-state index in [1.165, 1.54) is 0 Å². The predicted octanol–water partition coefficient (Wildman–Crippen LogP) is 4.24. The van der Waals surface area contributed by atoms with Crippen molar-refractivity contribution in [2.75, 3.05) is 26.6 Å². The van der Waals surface area contributed by atoms with Gasteiger partial charge in [0.15, 0.2) is 11.5 Å². The Kier molecular flexibility index (Phi) is 5.49. The van der Waals surface area contributed by atoms with E-state index in [2.05, 4.69) is 15.5 Å². The molecule has 0 bridgehead atoms. The van der Waals surface area contributed by atoms with Gasteiger partial charge in [-0.05, 0) is 49.2 Å². The molecule has 0 radical (unpaired) electrons. The lowest BCUT2D eigenvalue weighted by Crippen LogP contribution is -2.09. The van der Waals surface area contributed by atoms with E-state index >= 15 is 0 Å². The Hall–Kier alpha value is -3.22. The number of benzene rings is 2. The molecule has 1 atom stereocenters. The number of rotatable bonds is 7. The predicted molar refractivity (Wildman–Crippen MR) is 103 cm³/mol. The van der Waals surface area contributed by atoms with Crippen LogP contribution < -0.4 is 19.5 Å². The molecule has 0 amide bonds. The number of nitrogens with zero attached hydrogens (tertiary/aromatic N) is 2. The third kappa shape index (κ3) is 3.97. The second-order valence-electron chi connectivity index (χ2n) is 6.08. The van der Waals surface area contributed by atoms with Crippen LogP contribution in [0.4, 0.5) is 6.01 Å². The van der Waals surface area contributed by atoms with E-state index in [0.717, 1.165) is 22.4 Å². The van der Waals surface area contributed by atoms with Gasteiger partial charge in [-0.2, -0.15) is 4.98 Å². The summed E-state index contributed by atoms with van der Waals surface area (Å²) in [5.74, 6) is 2.60. The van der Waals surface area contributed by atoms with E-state index in [1.807, 2.05) is 50.2 Å². The SMILES string of the molecule is COc1cccc(-c2noc(NC(C)c3cc(OC)c(OC)cc3C)n2)c1. The third-order valence-electron chi connectivity index (χ3n) is 4.33. The zero-order valence-corrected chi connectivity index (χ0v) is 16.1. The van der Waals surface area contributed by atoms with Crippen LogP contribution in [0, 0.1) is 6.92 Å². The normalized spacial score (nSPS) is 11.7. The molecule has 1 N–H and O–H groups in total. The van der Waals surface area contributed by atoms with E-state index in [-0.39, 0.29) is 6.04 Å². The van der Waals surface area contributed by atoms with Crippen molar-refractivity contribution in [2.24, 2.45) is 0 Å². The van der Waals surface area contributed by atoms with Crippen molar-refractivity contribution in [3.05, 3.63) is 47.5 Å². The molecule has 3 aromatic rings. The first kappa shape index (κ1) is 18.6. The summed E-state index contributed by atoms with van der Waals surface area (Å²) in [6.45, 7) is 4.04. The maximum Gasteiger partial charge on any atom is 0.322 e. The highest BCUT2D eigenvalue weighted by atomic mass is 16.5. The largest absolute Gasteiger partial charge is 0.497 e. The van der Waals surface area contributed by atoms with Crippen LogP contribution in [0.15, 0.2) is 40.9 Å². The molecule has 142 valence electrons. The summed E-state index contributed by atoms with van der Waals surface area (Å²) in [6.07, 6.45) is 0. The molecule has 0 spiro atoms. The smallest absolute Gasteiger partial charge is 0.322 e. The van der Waals surface area contributed by atoms with Crippen molar-refractivity contribution in [3.8, 4) is 28.6 Å². The van der Waals surface area contributed by atoms with Gasteiger partial charge in [-0.15, -0.1) is 0 Å². The molecule has 0 fully saturated rings. The van der Waals surface area contributed by atoms with Crippen molar-refractivity contribution in [1.82, 2.24) is 10.1 Å². The topological polar surface area (TPSA) is 78.6 Å². The minimum absolute atomic E-state index is 0.0663. The van der Waals surface area contributed by atoms with Gasteiger partial charge in [-0.25, -0.2) is 0 Å². The van der Waals surface area contributed by atoms with Gasteiger partial charge in [-0.3, -0.25) is 0 Å². The number of hydrogen-bond acceptors (Lipinski definition) is 7. The average molecular weight is 369 g/mol. The molecular formula is C20H23N3O4. The summed E-state index contributed by atoms with van der Waals surface area (Å²) in [6, 6.07) is 11.7. The van der Waals surface area contributed by atoms with Gasteiger partial charge in [0.25, 0.3) is 0 Å². The summed E-state index contributed by atoms with van der Waals surface area (Å²) in [4.78, 5) is 4.43. The lowest BCUT2D eigenvalue weighted by atomic mass is 10.0. The molecule has 1 aromatic heterocycles. The van der Waals surface area contributed by atoms with Crippen molar-refractivity contribution >= 4 is 6.01 Å². The van der Waals surface area contributed by atoms with Crippen LogP contribution in [0.25, 0.3) is 11.4 Å². The van der Waals surface area contributed by atoms with E-state index in [4.69, 9.17) is 18.7 Å². The molecule has 0 saturated carbocycles. The second kappa shape index (κ2) is 7.99.